The summed E-state index contributed by atoms with van der Waals surface area (Å²) in [5, 5.41) is 10.9. The first kappa shape index (κ1) is 41.0. The molecule has 0 unspecified atom stereocenters. The van der Waals surface area contributed by atoms with E-state index in [0.29, 0.717) is 21.6 Å². The molecule has 2 aromatic rings. The van der Waals surface area contributed by atoms with Crippen LogP contribution in [-0.2, 0) is 9.59 Å². The molecular formula is C20H26F6GaN10O2PS2+2. The van der Waals surface area contributed by atoms with Crippen LogP contribution in [0.3, 0.4) is 0 Å². The third-order valence-electron chi connectivity index (χ3n) is 3.50. The number of hydrogen-bond donors (Lipinski definition) is 0. The summed E-state index contributed by atoms with van der Waals surface area (Å²) in [6, 6.07) is 0. The molecule has 42 heavy (non-hydrogen) atoms. The molecule has 0 bridgehead atoms. The fraction of sp³-hybridized carbons (Fsp3) is 0.300. The maximum Gasteiger partial charge on any atom is 3.00 e. The SMILES string of the molecule is CC(=O)N(/N=C/c1cnccn1)C(=S)N(C)C.CC(=O)N(/N=C/c1cnccn1)C(=S)N(C)C.F[P-](F)(F)(F)(F)F.[Ga+3]. The number of hydrogen-bond acceptors (Lipinski definition) is 10. The summed E-state index contributed by atoms with van der Waals surface area (Å²) in [5.74, 6) is -0.521. The summed E-state index contributed by atoms with van der Waals surface area (Å²) in [5.41, 5.74) is 1.11. The Kier molecular flexibility index (Phi) is 16.1. The molecule has 2 rings (SSSR count). The molecule has 228 valence electrons. The molecule has 0 aliphatic rings. The van der Waals surface area contributed by atoms with Crippen LogP contribution in [0.15, 0.2) is 47.4 Å². The van der Waals surface area contributed by atoms with E-state index in [9.17, 15) is 34.8 Å². The predicted octanol–water partition coefficient (Wildman–Crippen LogP) is 4.01. The molecule has 0 aliphatic heterocycles. The Bertz CT molecular complexity index is 1160. The van der Waals surface area contributed by atoms with Crippen molar-refractivity contribution in [2.45, 2.75) is 13.8 Å². The minimum atomic E-state index is -10.7. The smallest absolute Gasteiger partial charge is 3.00 e. The predicted molar refractivity (Wildman–Crippen MR) is 156 cm³/mol. The number of hydrazone groups is 2. The van der Waals surface area contributed by atoms with Gasteiger partial charge in [-0.2, -0.15) is 20.2 Å². The zero-order valence-electron chi connectivity index (χ0n) is 23.0. The molecule has 0 radical (unpaired) electrons. The minimum Gasteiger partial charge on any atom is 3.00 e. The third kappa shape index (κ3) is 21.6. The Balaban J connectivity index is 0. The minimum absolute atomic E-state index is 0. The van der Waals surface area contributed by atoms with Gasteiger partial charge in [-0.15, -0.1) is 0 Å². The van der Waals surface area contributed by atoms with Gasteiger partial charge >= 0.3 is 52.8 Å². The maximum atomic E-state index is 11.4. The van der Waals surface area contributed by atoms with Crippen LogP contribution in [-0.4, -0.2) is 122 Å². The molecular weight excluding hydrogens is 691 g/mol. The summed E-state index contributed by atoms with van der Waals surface area (Å²) >= 11 is 10.1. The molecule has 0 spiro atoms. The van der Waals surface area contributed by atoms with Gasteiger partial charge in [0.2, 0.25) is 11.8 Å². The zero-order chi connectivity index (χ0) is 32.1. The van der Waals surface area contributed by atoms with Crippen molar-refractivity contribution in [2.24, 2.45) is 10.2 Å². The van der Waals surface area contributed by atoms with Crippen molar-refractivity contribution in [3.05, 3.63) is 48.6 Å². The number of aromatic nitrogens is 4. The van der Waals surface area contributed by atoms with Gasteiger partial charge in [-0.1, -0.05) is 0 Å². The largest absolute Gasteiger partial charge is 3.00 e. The van der Waals surface area contributed by atoms with Crippen molar-refractivity contribution in [3.8, 4) is 0 Å². The number of rotatable bonds is 4. The maximum absolute atomic E-state index is 11.4. The van der Waals surface area contributed by atoms with E-state index in [4.69, 9.17) is 24.4 Å². The second-order valence-electron chi connectivity index (χ2n) is 7.72. The molecule has 22 heteroatoms. The van der Waals surface area contributed by atoms with Crippen LogP contribution in [0, 0.1) is 0 Å². The van der Waals surface area contributed by atoms with Gasteiger partial charge in [-0.3, -0.25) is 29.5 Å². The number of thiocarbonyl (C=S) groups is 2. The second kappa shape index (κ2) is 16.5. The van der Waals surface area contributed by atoms with Gasteiger partial charge in [0.1, 0.15) is 11.4 Å². The number of carbonyl (C=O) groups is 2. The quantitative estimate of drug-likeness (QED) is 0.115. The van der Waals surface area contributed by atoms with Crippen molar-refractivity contribution >= 4 is 86.5 Å². The first-order chi connectivity index (χ1) is 18.5. The summed E-state index contributed by atoms with van der Waals surface area (Å²) in [4.78, 5) is 41.8. The van der Waals surface area contributed by atoms with E-state index in [1.54, 1.807) is 75.2 Å². The Morgan fingerprint density at radius 3 is 1.19 bits per heavy atom. The van der Waals surface area contributed by atoms with Gasteiger partial charge in [0.15, 0.2) is 10.2 Å². The molecule has 0 atom stereocenters. The molecule has 0 saturated carbocycles. The van der Waals surface area contributed by atoms with Crippen LogP contribution in [0.25, 0.3) is 0 Å². The topological polar surface area (TPSA) is 123 Å². The molecule has 12 nitrogen and oxygen atoms in total. The van der Waals surface area contributed by atoms with E-state index >= 15 is 0 Å². The summed E-state index contributed by atoms with van der Waals surface area (Å²) in [6.07, 6.45) is 12.2. The van der Waals surface area contributed by atoms with Gasteiger partial charge in [-0.05, 0) is 24.4 Å². The Hall–Kier alpha value is -3.13. The van der Waals surface area contributed by atoms with E-state index in [0.717, 1.165) is 10.0 Å². The summed E-state index contributed by atoms with van der Waals surface area (Å²) < 4.78 is 59.2. The number of amides is 2. The van der Waals surface area contributed by atoms with Crippen LogP contribution in [0.5, 0.6) is 0 Å². The van der Waals surface area contributed by atoms with Crippen molar-refractivity contribution in [1.29, 1.82) is 0 Å². The van der Waals surface area contributed by atoms with Gasteiger partial charge in [0.25, 0.3) is 0 Å². The Morgan fingerprint density at radius 1 is 0.714 bits per heavy atom. The van der Waals surface area contributed by atoms with E-state index in [-0.39, 0.29) is 31.6 Å². The van der Waals surface area contributed by atoms with Gasteiger partial charge in [0, 0.05) is 66.8 Å². The Labute approximate surface area is 261 Å². The molecule has 0 aromatic carbocycles. The van der Waals surface area contributed by atoms with Crippen molar-refractivity contribution in [3.63, 3.8) is 0 Å². The van der Waals surface area contributed by atoms with E-state index in [1.807, 2.05) is 0 Å². The molecule has 2 aromatic heterocycles. The monoisotopic (exact) mass is 716 g/mol. The van der Waals surface area contributed by atoms with Crippen molar-refractivity contribution in [1.82, 2.24) is 39.8 Å². The first-order valence-electron chi connectivity index (χ1n) is 10.7. The molecule has 0 fully saturated rings. The fourth-order valence-corrected chi connectivity index (χ4v) is 2.25. The number of halogens is 6. The van der Waals surface area contributed by atoms with E-state index in [1.165, 1.54) is 26.3 Å². The first-order valence-corrected chi connectivity index (χ1v) is 13.5. The van der Waals surface area contributed by atoms with Crippen molar-refractivity contribution < 1.29 is 34.8 Å². The van der Waals surface area contributed by atoms with Crippen molar-refractivity contribution in [2.75, 3.05) is 28.2 Å². The molecule has 2 heterocycles. The van der Waals surface area contributed by atoms with Gasteiger partial charge in [0.05, 0.1) is 24.8 Å². The van der Waals surface area contributed by atoms with Crippen LogP contribution < -0.4 is 0 Å². The zero-order valence-corrected chi connectivity index (χ0v) is 28.0. The van der Waals surface area contributed by atoms with Crippen LogP contribution in [0.2, 0.25) is 0 Å². The Morgan fingerprint density at radius 2 is 1.00 bits per heavy atom. The average Bonchev–Trinajstić information content (AvgIpc) is 2.83. The van der Waals surface area contributed by atoms with E-state index < -0.39 is 7.81 Å². The molecule has 0 N–H and O–H groups in total. The summed E-state index contributed by atoms with van der Waals surface area (Å²) in [6.45, 7) is 2.79. The summed E-state index contributed by atoms with van der Waals surface area (Å²) in [7, 11) is -3.67. The van der Waals surface area contributed by atoms with Gasteiger partial charge in [-0.25, -0.2) is 0 Å². The van der Waals surface area contributed by atoms with Gasteiger partial charge < -0.3 is 9.80 Å². The molecule has 0 aliphatic carbocycles. The normalized spacial score (nSPS) is 12.2. The second-order valence-corrected chi connectivity index (χ2v) is 10.4. The van der Waals surface area contributed by atoms with Crippen LogP contribution in [0.1, 0.15) is 25.2 Å². The van der Waals surface area contributed by atoms with Crippen LogP contribution >= 0.6 is 32.2 Å². The number of carbonyl (C=O) groups excluding carboxylic acids is 2. The fourth-order valence-electron chi connectivity index (χ4n) is 1.90. The molecule has 0 saturated heterocycles. The third-order valence-corrected chi connectivity index (χ3v) is 4.58. The average molecular weight is 717 g/mol. The molecule has 2 amide bonds. The standard InChI is InChI=1S/2C10H13N5OS.F6P.Ga/c2*1-8(16)15(10(17)14(2)3)13-7-9-6-11-4-5-12-9;1-7(2,3,4,5)6;/h2*4-7H,1-3H3;;/q;;-1;+3/b2*13-7+;;. The van der Waals surface area contributed by atoms with E-state index in [2.05, 4.69) is 30.1 Å². The number of nitrogens with zero attached hydrogens (tertiary/aromatic N) is 10. The van der Waals surface area contributed by atoms with Crippen LogP contribution in [0.4, 0.5) is 25.2 Å².